The Hall–Kier alpha value is -1.60. The molecule has 2 rings (SSSR count). The second-order valence-corrected chi connectivity index (χ2v) is 10.5. The normalized spacial score (nSPS) is 11.4. The van der Waals surface area contributed by atoms with Gasteiger partial charge in [-0.25, -0.2) is 0 Å². The monoisotopic (exact) mass is 463 g/mol. The zero-order valence-corrected chi connectivity index (χ0v) is 22.6. The molecule has 190 valence electrons. The lowest BCUT2D eigenvalue weighted by molar-refractivity contribution is 0.316. The van der Waals surface area contributed by atoms with E-state index >= 15 is 0 Å². The standard InChI is InChI=1S/C33H53N/c1-3-4-5-6-7-8-9-10-11-12-13-14-15-16-17-18-22-28-34(2)30-31-24-23-27-33(29-31)32-25-20-19-21-26-32/h19-21,23-27,29H,3-18,22,28,30H2,1-2H3. The molecule has 0 amide bonds. The van der Waals surface area contributed by atoms with E-state index in [0.717, 1.165) is 6.54 Å². The number of unbranched alkanes of at least 4 members (excludes halogenated alkanes) is 16. The van der Waals surface area contributed by atoms with Crippen LogP contribution in [0.25, 0.3) is 11.1 Å². The van der Waals surface area contributed by atoms with E-state index in [-0.39, 0.29) is 0 Å². The van der Waals surface area contributed by atoms with Crippen LogP contribution in [-0.2, 0) is 6.54 Å². The highest BCUT2D eigenvalue weighted by Crippen LogP contribution is 2.21. The van der Waals surface area contributed by atoms with Crippen molar-refractivity contribution in [2.75, 3.05) is 13.6 Å². The first-order chi connectivity index (χ1) is 16.8. The van der Waals surface area contributed by atoms with Crippen LogP contribution >= 0.6 is 0 Å². The van der Waals surface area contributed by atoms with Crippen LogP contribution in [0, 0.1) is 0 Å². The quantitative estimate of drug-likeness (QED) is 0.166. The van der Waals surface area contributed by atoms with E-state index in [2.05, 4.69) is 73.5 Å². The Kier molecular flexibility index (Phi) is 16.6. The van der Waals surface area contributed by atoms with E-state index in [1.165, 1.54) is 132 Å². The zero-order valence-electron chi connectivity index (χ0n) is 22.6. The maximum absolute atomic E-state index is 2.48. The molecule has 0 atom stereocenters. The fourth-order valence-electron chi connectivity index (χ4n) is 4.98. The lowest BCUT2D eigenvalue weighted by Crippen LogP contribution is -2.19. The predicted octanol–water partition coefficient (Wildman–Crippen LogP) is 10.4. The predicted molar refractivity (Wildman–Crippen MR) is 152 cm³/mol. The summed E-state index contributed by atoms with van der Waals surface area (Å²) in [5, 5.41) is 0. The molecule has 0 fully saturated rings. The van der Waals surface area contributed by atoms with Crippen molar-refractivity contribution in [1.29, 1.82) is 0 Å². The Labute approximate surface area is 212 Å². The molecule has 0 bridgehead atoms. The van der Waals surface area contributed by atoms with E-state index in [1.807, 2.05) is 0 Å². The average Bonchev–Trinajstić information content (AvgIpc) is 2.86. The highest BCUT2D eigenvalue weighted by atomic mass is 15.1. The molecule has 0 aliphatic rings. The molecule has 0 saturated heterocycles. The molecule has 0 N–H and O–H groups in total. The van der Waals surface area contributed by atoms with E-state index < -0.39 is 0 Å². The summed E-state index contributed by atoms with van der Waals surface area (Å²) in [6.07, 6.45) is 24.4. The van der Waals surface area contributed by atoms with Crippen LogP contribution in [0.4, 0.5) is 0 Å². The van der Waals surface area contributed by atoms with E-state index in [4.69, 9.17) is 0 Å². The summed E-state index contributed by atoms with van der Waals surface area (Å²) in [5.41, 5.74) is 4.04. The van der Waals surface area contributed by atoms with Crippen LogP contribution < -0.4 is 0 Å². The lowest BCUT2D eigenvalue weighted by Gasteiger charge is -2.17. The van der Waals surface area contributed by atoms with Crippen LogP contribution in [0.3, 0.4) is 0 Å². The summed E-state index contributed by atoms with van der Waals surface area (Å²) in [5.74, 6) is 0. The molecule has 2 aromatic rings. The first kappa shape index (κ1) is 28.6. The molecular formula is C33H53N. The van der Waals surface area contributed by atoms with Crippen molar-refractivity contribution in [2.45, 2.75) is 123 Å². The van der Waals surface area contributed by atoms with Crippen molar-refractivity contribution in [2.24, 2.45) is 0 Å². The fraction of sp³-hybridized carbons (Fsp3) is 0.636. The number of hydrogen-bond donors (Lipinski definition) is 0. The third-order valence-electron chi connectivity index (χ3n) is 7.13. The van der Waals surface area contributed by atoms with Crippen LogP contribution in [0.1, 0.15) is 122 Å². The fourth-order valence-corrected chi connectivity index (χ4v) is 4.98. The average molecular weight is 464 g/mol. The van der Waals surface area contributed by atoms with Crippen LogP contribution in [0.2, 0.25) is 0 Å². The largest absolute Gasteiger partial charge is 0.302 e. The minimum atomic E-state index is 1.04. The summed E-state index contributed by atoms with van der Waals surface area (Å²) >= 11 is 0. The van der Waals surface area contributed by atoms with E-state index in [9.17, 15) is 0 Å². The molecule has 0 aliphatic carbocycles. The molecule has 2 aromatic carbocycles. The molecule has 0 heterocycles. The van der Waals surface area contributed by atoms with Gasteiger partial charge in [0.05, 0.1) is 0 Å². The Morgan fingerprint density at radius 3 is 1.50 bits per heavy atom. The Bertz CT molecular complexity index is 707. The Morgan fingerprint density at radius 1 is 0.500 bits per heavy atom. The first-order valence-corrected chi connectivity index (χ1v) is 14.6. The maximum Gasteiger partial charge on any atom is 0.0230 e. The van der Waals surface area contributed by atoms with Gasteiger partial charge in [0.25, 0.3) is 0 Å². The topological polar surface area (TPSA) is 3.24 Å². The van der Waals surface area contributed by atoms with Gasteiger partial charge < -0.3 is 4.90 Å². The highest BCUT2D eigenvalue weighted by Gasteiger charge is 2.03. The number of rotatable bonds is 21. The van der Waals surface area contributed by atoms with Gasteiger partial charge in [-0.3, -0.25) is 0 Å². The summed E-state index contributed by atoms with van der Waals surface area (Å²) in [6, 6.07) is 19.7. The molecule has 1 heteroatoms. The Balaban J connectivity index is 1.39. The zero-order chi connectivity index (χ0) is 24.1. The summed E-state index contributed by atoms with van der Waals surface area (Å²) in [6.45, 7) is 4.54. The second kappa shape index (κ2) is 19.7. The van der Waals surface area contributed by atoms with Gasteiger partial charge in [0.1, 0.15) is 0 Å². The maximum atomic E-state index is 2.48. The smallest absolute Gasteiger partial charge is 0.0230 e. The van der Waals surface area contributed by atoms with Gasteiger partial charge in [-0.15, -0.1) is 0 Å². The van der Waals surface area contributed by atoms with Crippen LogP contribution in [-0.4, -0.2) is 18.5 Å². The summed E-state index contributed by atoms with van der Waals surface area (Å²) in [7, 11) is 2.27. The third-order valence-corrected chi connectivity index (χ3v) is 7.13. The van der Waals surface area contributed by atoms with E-state index in [1.54, 1.807) is 0 Å². The summed E-state index contributed by atoms with van der Waals surface area (Å²) in [4.78, 5) is 2.48. The SMILES string of the molecule is CCCCCCCCCCCCCCCCCCCN(C)Cc1cccc(-c2ccccc2)c1. The molecule has 0 aromatic heterocycles. The number of nitrogens with zero attached hydrogens (tertiary/aromatic N) is 1. The minimum Gasteiger partial charge on any atom is -0.302 e. The van der Waals surface area contributed by atoms with Gasteiger partial charge in [0, 0.05) is 6.54 Å². The second-order valence-electron chi connectivity index (χ2n) is 10.5. The molecule has 0 spiro atoms. The molecule has 0 saturated carbocycles. The molecular weight excluding hydrogens is 410 g/mol. The third kappa shape index (κ3) is 14.0. The van der Waals surface area contributed by atoms with Gasteiger partial charge in [-0.05, 0) is 42.8 Å². The molecule has 0 radical (unpaired) electrons. The first-order valence-electron chi connectivity index (χ1n) is 14.6. The molecule has 34 heavy (non-hydrogen) atoms. The lowest BCUT2D eigenvalue weighted by atomic mass is 10.0. The molecule has 1 nitrogen and oxygen atoms in total. The minimum absolute atomic E-state index is 1.04. The van der Waals surface area contributed by atoms with Gasteiger partial charge in [0.2, 0.25) is 0 Å². The van der Waals surface area contributed by atoms with Crippen LogP contribution in [0.5, 0.6) is 0 Å². The molecule has 0 aliphatic heterocycles. The van der Waals surface area contributed by atoms with Gasteiger partial charge in [-0.2, -0.15) is 0 Å². The van der Waals surface area contributed by atoms with Gasteiger partial charge >= 0.3 is 0 Å². The van der Waals surface area contributed by atoms with Crippen molar-refractivity contribution in [1.82, 2.24) is 4.90 Å². The van der Waals surface area contributed by atoms with Crippen LogP contribution in [0.15, 0.2) is 54.6 Å². The highest BCUT2D eigenvalue weighted by molar-refractivity contribution is 5.63. The van der Waals surface area contributed by atoms with Crippen molar-refractivity contribution in [3.05, 3.63) is 60.2 Å². The van der Waals surface area contributed by atoms with Gasteiger partial charge in [-0.1, -0.05) is 158 Å². The number of hydrogen-bond acceptors (Lipinski definition) is 1. The van der Waals surface area contributed by atoms with Crippen molar-refractivity contribution < 1.29 is 0 Å². The van der Waals surface area contributed by atoms with E-state index in [0.29, 0.717) is 0 Å². The van der Waals surface area contributed by atoms with Crippen molar-refractivity contribution >= 4 is 0 Å². The van der Waals surface area contributed by atoms with Crippen molar-refractivity contribution in [3.63, 3.8) is 0 Å². The number of benzene rings is 2. The Morgan fingerprint density at radius 2 is 0.971 bits per heavy atom. The van der Waals surface area contributed by atoms with Crippen molar-refractivity contribution in [3.8, 4) is 11.1 Å². The van der Waals surface area contributed by atoms with Gasteiger partial charge in [0.15, 0.2) is 0 Å². The summed E-state index contributed by atoms with van der Waals surface area (Å²) < 4.78 is 0. The molecule has 0 unspecified atom stereocenters.